The predicted molar refractivity (Wildman–Crippen MR) is 108 cm³/mol. The van der Waals surface area contributed by atoms with Crippen LogP contribution < -0.4 is 4.46 Å². The van der Waals surface area contributed by atoms with Crippen LogP contribution in [0, 0.1) is 6.92 Å². The van der Waals surface area contributed by atoms with E-state index in [1.165, 1.54) is 74.2 Å². The van der Waals surface area contributed by atoms with Gasteiger partial charge in [0, 0.05) is 6.61 Å². The van der Waals surface area contributed by atoms with Crippen molar-refractivity contribution in [3.8, 4) is 0 Å². The van der Waals surface area contributed by atoms with Gasteiger partial charge in [-0.2, -0.15) is 0 Å². The first kappa shape index (κ1) is 21.5. The van der Waals surface area contributed by atoms with E-state index in [0.29, 0.717) is 21.6 Å². The van der Waals surface area contributed by atoms with E-state index in [9.17, 15) is 0 Å². The second kappa shape index (κ2) is 14.8. The van der Waals surface area contributed by atoms with Gasteiger partial charge in [-0.15, -0.1) is 0 Å². The Hall–Kier alpha value is -0.561. The van der Waals surface area contributed by atoms with E-state index < -0.39 is 0 Å². The number of allylic oxidation sites excluding steroid dienone is 1. The smallest absolute Gasteiger partial charge is 0.396 e. The summed E-state index contributed by atoms with van der Waals surface area (Å²) in [5.41, 5.74) is 2.92. The Morgan fingerprint density at radius 1 is 0.833 bits per heavy atom. The van der Waals surface area contributed by atoms with Crippen LogP contribution in [0.4, 0.5) is 0 Å². The zero-order chi connectivity index (χ0) is 17.5. The zero-order valence-electron chi connectivity index (χ0n) is 15.7. The van der Waals surface area contributed by atoms with Gasteiger partial charge in [-0.05, 0) is 6.42 Å². The SMILES string of the molecule is C/C(=C\[Se]c1ccc(C)cc1)CCCCCCCCCCCCO. The third-order valence-electron chi connectivity index (χ3n) is 4.40. The molecule has 1 nitrogen and oxygen atoms in total. The summed E-state index contributed by atoms with van der Waals surface area (Å²) in [4.78, 5) is 2.46. The average Bonchev–Trinajstić information content (AvgIpc) is 2.59. The van der Waals surface area contributed by atoms with E-state index in [0.717, 1.165) is 6.42 Å². The fraction of sp³-hybridized carbons (Fsp3) is 0.636. The number of unbranched alkanes of at least 4 members (excludes halogenated alkanes) is 9. The normalized spacial score (nSPS) is 11.9. The molecule has 1 rings (SSSR count). The van der Waals surface area contributed by atoms with Gasteiger partial charge in [0.15, 0.2) is 0 Å². The molecule has 0 unspecified atom stereocenters. The Balaban J connectivity index is 1.94. The molecule has 0 amide bonds. The van der Waals surface area contributed by atoms with Crippen molar-refractivity contribution in [2.45, 2.75) is 84.5 Å². The van der Waals surface area contributed by atoms with Gasteiger partial charge in [0.05, 0.1) is 0 Å². The van der Waals surface area contributed by atoms with Crippen LogP contribution in [0.25, 0.3) is 0 Å². The molecular formula is C22H36OSe. The van der Waals surface area contributed by atoms with E-state index >= 15 is 0 Å². The summed E-state index contributed by atoms with van der Waals surface area (Å²) in [6.07, 6.45) is 14.4. The van der Waals surface area contributed by atoms with Gasteiger partial charge < -0.3 is 5.11 Å². The van der Waals surface area contributed by atoms with Gasteiger partial charge in [-0.25, -0.2) is 0 Å². The minimum Gasteiger partial charge on any atom is -0.396 e. The van der Waals surface area contributed by atoms with Crippen LogP contribution in [-0.4, -0.2) is 26.7 Å². The second-order valence-corrected chi connectivity index (χ2v) is 8.88. The fourth-order valence-electron chi connectivity index (χ4n) is 2.77. The van der Waals surface area contributed by atoms with Crippen LogP contribution in [0.1, 0.15) is 83.1 Å². The Morgan fingerprint density at radius 3 is 1.88 bits per heavy atom. The summed E-state index contributed by atoms with van der Waals surface area (Å²) in [6.45, 7) is 4.80. The molecule has 0 aliphatic carbocycles. The van der Waals surface area contributed by atoms with Gasteiger partial charge in [-0.1, -0.05) is 0 Å². The van der Waals surface area contributed by atoms with Gasteiger partial charge in [0.25, 0.3) is 0 Å². The zero-order valence-corrected chi connectivity index (χ0v) is 17.4. The number of benzene rings is 1. The average molecular weight is 395 g/mol. The molecule has 1 aromatic rings. The van der Waals surface area contributed by atoms with E-state index in [1.807, 2.05) is 0 Å². The molecule has 2 heteroatoms. The molecule has 1 aromatic carbocycles. The van der Waals surface area contributed by atoms with Gasteiger partial charge in [-0.3, -0.25) is 0 Å². The Labute approximate surface area is 156 Å². The molecule has 0 aromatic heterocycles. The standard InChI is InChI=1S/C22H36OSe/c1-20-14-16-22(17-15-20)24-19-21(2)13-11-9-7-5-3-4-6-8-10-12-18-23/h14-17,19,23H,3-13,18H2,1-2H3/b21-19+. The predicted octanol–water partition coefficient (Wildman–Crippen LogP) is 5.51. The van der Waals surface area contributed by atoms with Crippen molar-refractivity contribution in [1.29, 1.82) is 0 Å². The van der Waals surface area contributed by atoms with Crippen LogP contribution in [-0.2, 0) is 0 Å². The number of rotatable bonds is 14. The van der Waals surface area contributed by atoms with E-state index in [2.05, 4.69) is 43.1 Å². The van der Waals surface area contributed by atoms with E-state index in [4.69, 9.17) is 5.11 Å². The number of hydrogen-bond acceptors (Lipinski definition) is 1. The fourth-order valence-corrected chi connectivity index (χ4v) is 4.34. The van der Waals surface area contributed by atoms with Gasteiger partial charge >= 0.3 is 138 Å². The molecule has 0 spiro atoms. The van der Waals surface area contributed by atoms with E-state index in [-0.39, 0.29) is 0 Å². The summed E-state index contributed by atoms with van der Waals surface area (Å²) >= 11 is 0.494. The number of aliphatic hydroxyl groups is 1. The molecule has 0 heterocycles. The van der Waals surface area contributed by atoms with Crippen molar-refractivity contribution in [2.75, 3.05) is 6.61 Å². The summed E-state index contributed by atoms with van der Waals surface area (Å²) in [6, 6.07) is 8.96. The minimum atomic E-state index is 0.361. The van der Waals surface area contributed by atoms with Crippen molar-refractivity contribution >= 4 is 19.4 Å². The van der Waals surface area contributed by atoms with Crippen molar-refractivity contribution < 1.29 is 5.11 Å². The van der Waals surface area contributed by atoms with Gasteiger partial charge in [0.2, 0.25) is 0 Å². The van der Waals surface area contributed by atoms with Crippen molar-refractivity contribution in [3.63, 3.8) is 0 Å². The molecule has 0 aliphatic rings. The summed E-state index contributed by atoms with van der Waals surface area (Å²) < 4.78 is 1.48. The maximum absolute atomic E-state index is 8.73. The van der Waals surface area contributed by atoms with Crippen molar-refractivity contribution in [1.82, 2.24) is 0 Å². The summed E-state index contributed by atoms with van der Waals surface area (Å²) in [7, 11) is 0. The first-order valence-corrected chi connectivity index (χ1v) is 11.6. The number of hydrogen-bond donors (Lipinski definition) is 1. The molecule has 0 atom stereocenters. The Bertz CT molecular complexity index is 436. The molecule has 0 radical (unpaired) electrons. The summed E-state index contributed by atoms with van der Waals surface area (Å²) in [5.74, 6) is 0. The third-order valence-corrected chi connectivity index (χ3v) is 6.63. The van der Waals surface area contributed by atoms with Crippen molar-refractivity contribution in [2.24, 2.45) is 0 Å². The molecule has 0 saturated carbocycles. The molecule has 0 fully saturated rings. The van der Waals surface area contributed by atoms with Crippen LogP contribution in [0.5, 0.6) is 0 Å². The maximum atomic E-state index is 8.73. The van der Waals surface area contributed by atoms with Gasteiger partial charge in [0.1, 0.15) is 0 Å². The number of aliphatic hydroxyl groups excluding tert-OH is 1. The molecule has 0 bridgehead atoms. The second-order valence-electron chi connectivity index (χ2n) is 6.90. The Morgan fingerprint density at radius 2 is 1.33 bits per heavy atom. The first-order valence-electron chi connectivity index (χ1n) is 9.72. The number of aryl methyl sites for hydroxylation is 1. The van der Waals surface area contributed by atoms with Crippen LogP contribution >= 0.6 is 0 Å². The monoisotopic (exact) mass is 396 g/mol. The third kappa shape index (κ3) is 11.9. The van der Waals surface area contributed by atoms with Crippen LogP contribution in [0.15, 0.2) is 34.8 Å². The molecular weight excluding hydrogens is 359 g/mol. The van der Waals surface area contributed by atoms with Crippen LogP contribution in [0.3, 0.4) is 0 Å². The Kier molecular flexibility index (Phi) is 13.2. The quantitative estimate of drug-likeness (QED) is 0.325. The molecule has 24 heavy (non-hydrogen) atoms. The molecule has 1 N–H and O–H groups in total. The van der Waals surface area contributed by atoms with Crippen molar-refractivity contribution in [3.05, 3.63) is 40.4 Å². The first-order chi connectivity index (χ1) is 11.7. The molecule has 136 valence electrons. The van der Waals surface area contributed by atoms with E-state index in [1.54, 1.807) is 5.57 Å². The van der Waals surface area contributed by atoms with Crippen LogP contribution in [0.2, 0.25) is 0 Å². The molecule has 0 saturated heterocycles. The minimum absolute atomic E-state index is 0.361. The summed E-state index contributed by atoms with van der Waals surface area (Å²) in [5, 5.41) is 8.73. The molecule has 0 aliphatic heterocycles. The topological polar surface area (TPSA) is 20.2 Å².